The van der Waals surface area contributed by atoms with E-state index in [0.29, 0.717) is 6.04 Å². The van der Waals surface area contributed by atoms with Crippen LogP contribution in [0.4, 0.5) is 0 Å². The zero-order valence-corrected chi connectivity index (χ0v) is 12.4. The lowest BCUT2D eigenvalue weighted by molar-refractivity contribution is 0.300. The minimum absolute atomic E-state index is 0.394. The van der Waals surface area contributed by atoms with Gasteiger partial charge < -0.3 is 14.6 Å². The first-order chi connectivity index (χ1) is 9.81. The average Bonchev–Trinajstić information content (AvgIpc) is 2.93. The van der Waals surface area contributed by atoms with Crippen molar-refractivity contribution < 1.29 is 4.74 Å². The molecule has 0 saturated heterocycles. The predicted molar refractivity (Wildman–Crippen MR) is 83.1 cm³/mol. The summed E-state index contributed by atoms with van der Waals surface area (Å²) in [6.45, 7) is 7.07. The maximum absolute atomic E-state index is 5.72. The third kappa shape index (κ3) is 4.14. The van der Waals surface area contributed by atoms with Gasteiger partial charge in [-0.2, -0.15) is 0 Å². The number of para-hydroxylation sites is 1. The highest BCUT2D eigenvalue weighted by atomic mass is 16.5. The van der Waals surface area contributed by atoms with Crippen molar-refractivity contribution in [1.29, 1.82) is 0 Å². The van der Waals surface area contributed by atoms with Crippen LogP contribution in [0.3, 0.4) is 0 Å². The van der Waals surface area contributed by atoms with Crippen LogP contribution < -0.4 is 10.1 Å². The molecule has 0 bridgehead atoms. The van der Waals surface area contributed by atoms with Crippen LogP contribution >= 0.6 is 0 Å². The lowest BCUT2D eigenvalue weighted by atomic mass is 10.2. The lowest BCUT2D eigenvalue weighted by Crippen LogP contribution is -2.21. The molecule has 0 aliphatic carbocycles. The van der Waals surface area contributed by atoms with Gasteiger partial charge in [-0.1, -0.05) is 25.1 Å². The highest BCUT2D eigenvalue weighted by Crippen LogP contribution is 2.14. The van der Waals surface area contributed by atoms with Crippen molar-refractivity contribution in [2.24, 2.45) is 0 Å². The summed E-state index contributed by atoms with van der Waals surface area (Å²) in [4.78, 5) is 0. The second-order valence-electron chi connectivity index (χ2n) is 4.92. The molecule has 0 aliphatic heterocycles. The molecule has 0 fully saturated rings. The van der Waals surface area contributed by atoms with Gasteiger partial charge in [0.05, 0.1) is 6.61 Å². The molecule has 2 aromatic rings. The highest BCUT2D eigenvalue weighted by Gasteiger charge is 2.08. The van der Waals surface area contributed by atoms with Crippen molar-refractivity contribution in [2.75, 3.05) is 13.2 Å². The monoisotopic (exact) mass is 272 g/mol. The molecule has 1 aromatic carbocycles. The van der Waals surface area contributed by atoms with Crippen molar-refractivity contribution in [3.63, 3.8) is 0 Å². The summed E-state index contributed by atoms with van der Waals surface area (Å²) in [5, 5.41) is 3.45. The number of ether oxygens (including phenoxy) is 1. The molecule has 0 spiro atoms. The zero-order chi connectivity index (χ0) is 14.2. The fourth-order valence-electron chi connectivity index (χ4n) is 2.38. The van der Waals surface area contributed by atoms with Gasteiger partial charge in [0.1, 0.15) is 5.75 Å². The molecule has 0 radical (unpaired) electrons. The number of rotatable bonds is 8. The number of nitrogens with one attached hydrogen (secondary N) is 1. The molecule has 108 valence electrons. The fourth-order valence-corrected chi connectivity index (χ4v) is 2.38. The van der Waals surface area contributed by atoms with Crippen molar-refractivity contribution in [3.05, 3.63) is 54.4 Å². The predicted octanol–water partition coefficient (Wildman–Crippen LogP) is 3.63. The number of hydrogen-bond acceptors (Lipinski definition) is 2. The highest BCUT2D eigenvalue weighted by molar-refractivity contribution is 5.20. The maximum atomic E-state index is 5.72. The number of aromatic nitrogens is 1. The Morgan fingerprint density at radius 3 is 2.70 bits per heavy atom. The SMILES string of the molecule is CCNC(C)c1cccn1CCCOc1ccccc1. The van der Waals surface area contributed by atoms with Gasteiger partial charge in [0.2, 0.25) is 0 Å². The van der Waals surface area contributed by atoms with E-state index < -0.39 is 0 Å². The van der Waals surface area contributed by atoms with Gasteiger partial charge in [0, 0.05) is 24.5 Å². The second-order valence-corrected chi connectivity index (χ2v) is 4.92. The van der Waals surface area contributed by atoms with Gasteiger partial charge in [-0.05, 0) is 44.2 Å². The topological polar surface area (TPSA) is 26.2 Å². The Bertz CT molecular complexity index is 493. The smallest absolute Gasteiger partial charge is 0.119 e. The van der Waals surface area contributed by atoms with E-state index in [1.165, 1.54) is 5.69 Å². The Labute approximate surface area is 121 Å². The summed E-state index contributed by atoms with van der Waals surface area (Å²) in [6, 6.07) is 14.7. The quantitative estimate of drug-likeness (QED) is 0.743. The van der Waals surface area contributed by atoms with E-state index in [9.17, 15) is 0 Å². The van der Waals surface area contributed by atoms with Crippen LogP contribution in [0.25, 0.3) is 0 Å². The number of aryl methyl sites for hydroxylation is 1. The summed E-state index contributed by atoms with van der Waals surface area (Å²) in [7, 11) is 0. The first kappa shape index (κ1) is 14.7. The molecule has 1 atom stereocenters. The molecule has 0 amide bonds. The molecule has 20 heavy (non-hydrogen) atoms. The normalized spacial score (nSPS) is 12.3. The zero-order valence-electron chi connectivity index (χ0n) is 12.4. The molecule has 0 saturated carbocycles. The Balaban J connectivity index is 1.78. The summed E-state index contributed by atoms with van der Waals surface area (Å²) >= 11 is 0. The maximum Gasteiger partial charge on any atom is 0.119 e. The van der Waals surface area contributed by atoms with Crippen LogP contribution in [0.15, 0.2) is 48.7 Å². The molecule has 1 N–H and O–H groups in total. The van der Waals surface area contributed by atoms with Crippen LogP contribution in [0.2, 0.25) is 0 Å². The molecule has 1 aromatic heterocycles. The molecular formula is C17H24N2O. The Kier molecular flexibility index (Phi) is 5.69. The lowest BCUT2D eigenvalue weighted by Gasteiger charge is -2.16. The summed E-state index contributed by atoms with van der Waals surface area (Å²) in [6.07, 6.45) is 3.15. The van der Waals surface area contributed by atoms with Gasteiger partial charge in [0.15, 0.2) is 0 Å². The molecule has 1 unspecified atom stereocenters. The van der Waals surface area contributed by atoms with Crippen LogP contribution in [0.1, 0.15) is 32.0 Å². The standard InChI is InChI=1S/C17H24N2O/c1-3-18-15(2)17-11-7-12-19(17)13-8-14-20-16-9-5-4-6-10-16/h4-7,9-12,15,18H,3,8,13-14H2,1-2H3. The van der Waals surface area contributed by atoms with Crippen LogP contribution in [-0.2, 0) is 6.54 Å². The summed E-state index contributed by atoms with van der Waals surface area (Å²) < 4.78 is 8.03. The number of benzene rings is 1. The average molecular weight is 272 g/mol. The molecule has 2 rings (SSSR count). The fraction of sp³-hybridized carbons (Fsp3) is 0.412. The largest absolute Gasteiger partial charge is 0.494 e. The van der Waals surface area contributed by atoms with E-state index in [2.05, 4.69) is 42.1 Å². The van der Waals surface area contributed by atoms with E-state index in [4.69, 9.17) is 4.74 Å². The third-order valence-electron chi connectivity index (χ3n) is 3.37. The molecular weight excluding hydrogens is 248 g/mol. The van der Waals surface area contributed by atoms with E-state index >= 15 is 0 Å². The van der Waals surface area contributed by atoms with Gasteiger partial charge in [-0.15, -0.1) is 0 Å². The summed E-state index contributed by atoms with van der Waals surface area (Å²) in [5.74, 6) is 0.946. The minimum atomic E-state index is 0.394. The number of hydrogen-bond donors (Lipinski definition) is 1. The second kappa shape index (κ2) is 7.75. The third-order valence-corrected chi connectivity index (χ3v) is 3.37. The Morgan fingerprint density at radius 1 is 1.15 bits per heavy atom. The van der Waals surface area contributed by atoms with Gasteiger partial charge in [0.25, 0.3) is 0 Å². The van der Waals surface area contributed by atoms with Crippen LogP contribution in [0.5, 0.6) is 5.75 Å². The van der Waals surface area contributed by atoms with Gasteiger partial charge in [-0.3, -0.25) is 0 Å². The Hall–Kier alpha value is -1.74. The van der Waals surface area contributed by atoms with E-state index in [-0.39, 0.29) is 0 Å². The van der Waals surface area contributed by atoms with Crippen LogP contribution in [0, 0.1) is 0 Å². The van der Waals surface area contributed by atoms with Crippen molar-refractivity contribution in [1.82, 2.24) is 9.88 Å². The van der Waals surface area contributed by atoms with E-state index in [0.717, 1.165) is 31.9 Å². The first-order valence-electron chi connectivity index (χ1n) is 7.37. The minimum Gasteiger partial charge on any atom is -0.494 e. The summed E-state index contributed by atoms with van der Waals surface area (Å²) in [5.41, 5.74) is 1.34. The molecule has 3 nitrogen and oxygen atoms in total. The van der Waals surface area contributed by atoms with E-state index in [1.807, 2.05) is 30.3 Å². The van der Waals surface area contributed by atoms with Gasteiger partial charge in [-0.25, -0.2) is 0 Å². The van der Waals surface area contributed by atoms with Gasteiger partial charge >= 0.3 is 0 Å². The van der Waals surface area contributed by atoms with Crippen LogP contribution in [-0.4, -0.2) is 17.7 Å². The molecule has 3 heteroatoms. The molecule has 0 aliphatic rings. The van der Waals surface area contributed by atoms with Crippen molar-refractivity contribution >= 4 is 0 Å². The first-order valence-corrected chi connectivity index (χ1v) is 7.37. The Morgan fingerprint density at radius 2 is 1.95 bits per heavy atom. The molecule has 1 heterocycles. The number of nitrogens with zero attached hydrogens (tertiary/aromatic N) is 1. The van der Waals surface area contributed by atoms with Crippen molar-refractivity contribution in [2.45, 2.75) is 32.9 Å². The van der Waals surface area contributed by atoms with Crippen molar-refractivity contribution in [3.8, 4) is 5.75 Å². The van der Waals surface area contributed by atoms with E-state index in [1.54, 1.807) is 0 Å².